The first kappa shape index (κ1) is 52.7. The van der Waals surface area contributed by atoms with Crippen LogP contribution in [0.2, 0.25) is 0 Å². The number of hydrogen-bond donors (Lipinski definition) is 0. The first-order chi connectivity index (χ1) is 36.2. The molecule has 1 aromatic rings. The monoisotopic (exact) mass is 1040 g/mol. The Morgan fingerprint density at radius 2 is 1.03 bits per heavy atom. The lowest BCUT2D eigenvalue weighted by molar-refractivity contribution is -0.166. The highest BCUT2D eigenvalue weighted by molar-refractivity contribution is 5.91. The molecular weight excluding hydrogens is 949 g/mol. The van der Waals surface area contributed by atoms with Crippen molar-refractivity contribution in [2.75, 3.05) is 0 Å². The van der Waals surface area contributed by atoms with Gasteiger partial charge in [0, 0.05) is 22.7 Å². The number of fused-ring (bicyclic) bond motifs is 15. The van der Waals surface area contributed by atoms with E-state index in [9.17, 15) is 24.0 Å². The SMILES string of the molecule is C=C1C=C2C[C@@H](C)C3C(CC[C@@]4(C)C3CC[C@@H]4OC(=O)CCC(=O)O[C@H]3CCC4C5CCc6cc(OC(=O)CCC(=O)O[C@H]7CCC8C9C(CC[C@@]87C)[C@@]7(C)CCC(=O)C=C7C[C@H]9C)ccc6C5CC[C@@]43C)[C@@]2(C)CC1. The number of esters is 4. The molecule has 0 saturated heterocycles. The van der Waals surface area contributed by atoms with Gasteiger partial charge < -0.3 is 18.9 Å². The predicted molar refractivity (Wildman–Crippen MR) is 291 cm³/mol. The zero-order valence-electron chi connectivity index (χ0n) is 47.3. The Balaban J connectivity index is 0.594. The summed E-state index contributed by atoms with van der Waals surface area (Å²) in [6, 6.07) is 6.13. The Morgan fingerprint density at radius 3 is 1.59 bits per heavy atom. The third-order valence-corrected chi connectivity index (χ3v) is 25.3. The maximum atomic E-state index is 13.6. The number of carbonyl (C=O) groups is 5. The van der Waals surface area contributed by atoms with Crippen LogP contribution in [-0.2, 0) is 44.6 Å². The lowest BCUT2D eigenvalue weighted by Gasteiger charge is -2.60. The average molecular weight is 1040 g/mol. The molecule has 8 fully saturated rings. The summed E-state index contributed by atoms with van der Waals surface area (Å²) in [7, 11) is 0. The van der Waals surface area contributed by atoms with Gasteiger partial charge in [0.2, 0.25) is 0 Å². The number of rotatable bonds is 10. The van der Waals surface area contributed by atoms with Crippen LogP contribution in [-0.4, -0.2) is 48.0 Å². The van der Waals surface area contributed by atoms with Gasteiger partial charge in [0.15, 0.2) is 5.78 Å². The van der Waals surface area contributed by atoms with Crippen LogP contribution in [0.15, 0.2) is 53.6 Å². The molecule has 76 heavy (non-hydrogen) atoms. The molecule has 19 atom stereocenters. The van der Waals surface area contributed by atoms with Crippen LogP contribution in [0.25, 0.3) is 0 Å². The fourth-order valence-electron chi connectivity index (χ4n) is 21.2. The summed E-state index contributed by atoms with van der Waals surface area (Å²) < 4.78 is 24.8. The lowest BCUT2D eigenvalue weighted by Crippen LogP contribution is -2.54. The van der Waals surface area contributed by atoms with E-state index < -0.39 is 5.97 Å². The summed E-state index contributed by atoms with van der Waals surface area (Å²) >= 11 is 0. The molecule has 0 aliphatic heterocycles. The smallest absolute Gasteiger partial charge is 0.311 e. The largest absolute Gasteiger partial charge is 0.462 e. The van der Waals surface area contributed by atoms with Gasteiger partial charge in [-0.15, -0.1) is 0 Å². The molecule has 0 spiro atoms. The van der Waals surface area contributed by atoms with Crippen molar-refractivity contribution in [3.63, 3.8) is 0 Å². The van der Waals surface area contributed by atoms with Crippen LogP contribution >= 0.6 is 0 Å². The number of carbonyl (C=O) groups excluding carboxylic acids is 5. The Kier molecular flexibility index (Phi) is 13.4. The van der Waals surface area contributed by atoms with Crippen molar-refractivity contribution >= 4 is 29.7 Å². The number of allylic oxidation sites excluding steroid dienone is 4. The summed E-state index contributed by atoms with van der Waals surface area (Å²) in [5.41, 5.74) is 7.05. The quantitative estimate of drug-likeness (QED) is 0.128. The van der Waals surface area contributed by atoms with Gasteiger partial charge in [-0.1, -0.05) is 83.9 Å². The minimum absolute atomic E-state index is 0.00752. The molecular formula is C67H90O9. The summed E-state index contributed by atoms with van der Waals surface area (Å²) in [4.78, 5) is 66.1. The van der Waals surface area contributed by atoms with E-state index in [1.165, 1.54) is 35.1 Å². The van der Waals surface area contributed by atoms with Gasteiger partial charge in [-0.2, -0.15) is 0 Å². The summed E-state index contributed by atoms with van der Waals surface area (Å²) in [5, 5.41) is 0. The molecule has 9 heteroatoms. The molecule has 0 amide bonds. The molecule has 11 aliphatic carbocycles. The lowest BCUT2D eigenvalue weighted by atomic mass is 9.45. The maximum absolute atomic E-state index is 13.6. The van der Waals surface area contributed by atoms with Gasteiger partial charge in [0.05, 0.1) is 25.7 Å². The van der Waals surface area contributed by atoms with Gasteiger partial charge in [0.25, 0.3) is 0 Å². The number of benzene rings is 1. The van der Waals surface area contributed by atoms with E-state index in [-0.39, 0.29) is 94.8 Å². The van der Waals surface area contributed by atoms with E-state index >= 15 is 0 Å². The molecule has 12 rings (SSSR count). The van der Waals surface area contributed by atoms with Crippen LogP contribution in [0.4, 0.5) is 0 Å². The number of ether oxygens (including phenoxy) is 4. The highest BCUT2D eigenvalue weighted by Crippen LogP contribution is 2.69. The second-order valence-electron chi connectivity index (χ2n) is 28.8. The second-order valence-corrected chi connectivity index (χ2v) is 28.8. The van der Waals surface area contributed by atoms with Crippen molar-refractivity contribution in [1.29, 1.82) is 0 Å². The van der Waals surface area contributed by atoms with Gasteiger partial charge in [0.1, 0.15) is 24.1 Å². The highest BCUT2D eigenvalue weighted by Gasteiger charge is 2.64. The maximum Gasteiger partial charge on any atom is 0.311 e. The number of aryl methyl sites for hydroxylation is 1. The fourth-order valence-corrected chi connectivity index (χ4v) is 21.2. The minimum atomic E-state index is -0.414. The molecule has 1 aromatic carbocycles. The van der Waals surface area contributed by atoms with Crippen molar-refractivity contribution in [1.82, 2.24) is 0 Å². The first-order valence-electron chi connectivity index (χ1n) is 30.8. The summed E-state index contributed by atoms with van der Waals surface area (Å²) in [6.07, 6.45) is 24.4. The van der Waals surface area contributed by atoms with E-state index in [0.29, 0.717) is 77.3 Å². The summed E-state index contributed by atoms with van der Waals surface area (Å²) in [5.74, 6) is 5.54. The van der Waals surface area contributed by atoms with Crippen molar-refractivity contribution in [3.8, 4) is 5.75 Å². The number of ketones is 1. The van der Waals surface area contributed by atoms with Crippen LogP contribution < -0.4 is 4.74 Å². The molecule has 0 bridgehead atoms. The zero-order chi connectivity index (χ0) is 53.3. The normalized spacial score (nSPS) is 44.6. The minimum Gasteiger partial charge on any atom is -0.462 e. The second kappa shape index (κ2) is 19.4. The molecule has 0 radical (unpaired) electrons. The standard InChI is InChI=1S/C67H90O9/c1-38-23-28-63(4)42(33-38)34-39(2)61-50-14-17-56(66(50,7)31-26-52(61)63)76-60(72)22-21-59(71)74-54-16-13-49-48-11-9-41-36-45(10-12-46(41)47(48)25-30-65(49,54)6)73-57(69)19-20-58(70)75-55-18-15-51-62-40(3)35-43-37-44(68)24-29-64(43,5)53(62)27-32-67(51,55)8/h10,12,33,36-37,39-40,47-56,61-62H,1,9,11,13-32,34-35H2,2-8H3/t39-,40-,47?,48?,49?,50?,51?,52?,53?,54+,55+,56+,61?,62?,63+,64+,65+,66+,67+/m1/s1. The van der Waals surface area contributed by atoms with E-state index in [0.717, 1.165) is 109 Å². The summed E-state index contributed by atoms with van der Waals surface area (Å²) in [6.45, 7) is 21.2. The Morgan fingerprint density at radius 1 is 0.539 bits per heavy atom. The van der Waals surface area contributed by atoms with Crippen LogP contribution in [0.5, 0.6) is 5.75 Å². The molecule has 9 unspecified atom stereocenters. The Hall–Kier alpha value is -4.01. The molecule has 8 saturated carbocycles. The molecule has 0 N–H and O–H groups in total. The van der Waals surface area contributed by atoms with Crippen molar-refractivity contribution < 1.29 is 42.9 Å². The van der Waals surface area contributed by atoms with E-state index in [4.69, 9.17) is 18.9 Å². The Labute approximate surface area is 454 Å². The van der Waals surface area contributed by atoms with Crippen LogP contribution in [0, 0.1) is 86.3 Å². The van der Waals surface area contributed by atoms with Gasteiger partial charge in [-0.3, -0.25) is 24.0 Å². The Bertz CT molecular complexity index is 2630. The van der Waals surface area contributed by atoms with E-state index in [2.05, 4.69) is 67.2 Å². The zero-order valence-corrected chi connectivity index (χ0v) is 47.3. The van der Waals surface area contributed by atoms with Crippen LogP contribution in [0.1, 0.15) is 213 Å². The van der Waals surface area contributed by atoms with Crippen molar-refractivity contribution in [2.24, 2.45) is 86.3 Å². The van der Waals surface area contributed by atoms with Crippen LogP contribution in [0.3, 0.4) is 0 Å². The third-order valence-electron chi connectivity index (χ3n) is 25.3. The fraction of sp³-hybridized carbons (Fsp3) is 0.746. The van der Waals surface area contributed by atoms with Gasteiger partial charge >= 0.3 is 23.9 Å². The number of hydrogen-bond acceptors (Lipinski definition) is 9. The predicted octanol–water partition coefficient (Wildman–Crippen LogP) is 14.3. The van der Waals surface area contributed by atoms with Gasteiger partial charge in [-0.25, -0.2) is 0 Å². The van der Waals surface area contributed by atoms with Gasteiger partial charge in [-0.05, 0) is 227 Å². The molecule has 0 heterocycles. The molecule has 412 valence electrons. The van der Waals surface area contributed by atoms with E-state index in [1.54, 1.807) is 5.57 Å². The van der Waals surface area contributed by atoms with Crippen molar-refractivity contribution in [3.05, 3.63) is 64.8 Å². The van der Waals surface area contributed by atoms with E-state index in [1.807, 2.05) is 18.2 Å². The molecule has 0 aromatic heterocycles. The molecule has 11 aliphatic rings. The topological polar surface area (TPSA) is 122 Å². The first-order valence-corrected chi connectivity index (χ1v) is 30.8. The van der Waals surface area contributed by atoms with Crippen molar-refractivity contribution in [2.45, 2.75) is 227 Å². The average Bonchev–Trinajstić information content (AvgIpc) is 4.15. The highest BCUT2D eigenvalue weighted by atomic mass is 16.6. The third kappa shape index (κ3) is 8.58. The molecule has 9 nitrogen and oxygen atoms in total.